The Kier molecular flexibility index (Phi) is 4.70. The molecule has 0 spiro atoms. The lowest BCUT2D eigenvalue weighted by Gasteiger charge is -2.13. The van der Waals surface area contributed by atoms with Gasteiger partial charge >= 0.3 is 0 Å². The number of thiazole rings is 1. The zero-order valence-corrected chi connectivity index (χ0v) is 16.1. The van der Waals surface area contributed by atoms with Gasteiger partial charge in [0.2, 0.25) is 5.28 Å². The first-order chi connectivity index (χ1) is 11.7. The Morgan fingerprint density at radius 3 is 2.52 bits per heavy atom. The summed E-state index contributed by atoms with van der Waals surface area (Å²) < 4.78 is 14.7. The molecule has 1 aromatic carbocycles. The van der Waals surface area contributed by atoms with Gasteiger partial charge in [0.1, 0.15) is 0 Å². The van der Waals surface area contributed by atoms with Gasteiger partial charge in [0.25, 0.3) is 0 Å². The SMILES string of the molecule is CC(C)(C)c1nc(-c2cc(Cl)cc(N)c2F)c(-c2ccnc(Cl)n2)s1. The summed E-state index contributed by atoms with van der Waals surface area (Å²) in [7, 11) is 0. The van der Waals surface area contributed by atoms with Crippen LogP contribution in [0.15, 0.2) is 24.4 Å². The molecule has 4 nitrogen and oxygen atoms in total. The number of rotatable bonds is 2. The van der Waals surface area contributed by atoms with E-state index in [0.717, 1.165) is 5.01 Å². The highest BCUT2D eigenvalue weighted by atomic mass is 35.5. The van der Waals surface area contributed by atoms with Crippen LogP contribution in [-0.2, 0) is 5.41 Å². The fourth-order valence-corrected chi connectivity index (χ4v) is 3.72. The Bertz CT molecular complexity index is 950. The van der Waals surface area contributed by atoms with Crippen LogP contribution in [0.4, 0.5) is 10.1 Å². The second-order valence-corrected chi connectivity index (χ2v) is 8.29. The van der Waals surface area contributed by atoms with Gasteiger partial charge in [0.15, 0.2) is 5.82 Å². The molecule has 25 heavy (non-hydrogen) atoms. The van der Waals surface area contributed by atoms with Crippen LogP contribution in [0.3, 0.4) is 0 Å². The molecule has 2 N–H and O–H groups in total. The second-order valence-electron chi connectivity index (χ2n) is 6.51. The summed E-state index contributed by atoms with van der Waals surface area (Å²) in [5, 5.41) is 1.29. The Morgan fingerprint density at radius 1 is 1.16 bits per heavy atom. The quantitative estimate of drug-likeness (QED) is 0.452. The first kappa shape index (κ1) is 18.0. The Hall–Kier alpha value is -1.76. The smallest absolute Gasteiger partial charge is 0.222 e. The topological polar surface area (TPSA) is 64.7 Å². The van der Waals surface area contributed by atoms with Gasteiger partial charge in [-0.05, 0) is 29.8 Å². The molecule has 3 aromatic rings. The van der Waals surface area contributed by atoms with Crippen LogP contribution in [0.25, 0.3) is 21.8 Å². The van der Waals surface area contributed by atoms with Crippen molar-refractivity contribution < 1.29 is 4.39 Å². The molecule has 0 saturated carbocycles. The van der Waals surface area contributed by atoms with E-state index in [1.165, 1.54) is 23.5 Å². The van der Waals surface area contributed by atoms with Crippen molar-refractivity contribution >= 4 is 40.2 Å². The third-order valence-corrected chi connectivity index (χ3v) is 5.35. The van der Waals surface area contributed by atoms with E-state index in [1.807, 2.05) is 20.8 Å². The zero-order chi connectivity index (χ0) is 18.4. The van der Waals surface area contributed by atoms with Gasteiger partial charge in [-0.25, -0.2) is 19.3 Å². The van der Waals surface area contributed by atoms with Gasteiger partial charge in [-0.15, -0.1) is 11.3 Å². The number of hydrogen-bond acceptors (Lipinski definition) is 5. The van der Waals surface area contributed by atoms with E-state index in [9.17, 15) is 4.39 Å². The van der Waals surface area contributed by atoms with E-state index < -0.39 is 5.82 Å². The van der Waals surface area contributed by atoms with Crippen molar-refractivity contribution in [3.63, 3.8) is 0 Å². The van der Waals surface area contributed by atoms with Gasteiger partial charge in [-0.2, -0.15) is 0 Å². The highest BCUT2D eigenvalue weighted by Crippen LogP contribution is 2.42. The van der Waals surface area contributed by atoms with Crippen molar-refractivity contribution in [2.24, 2.45) is 0 Å². The largest absolute Gasteiger partial charge is 0.396 e. The monoisotopic (exact) mass is 396 g/mol. The minimum absolute atomic E-state index is 0.0283. The molecule has 0 unspecified atom stereocenters. The molecule has 8 heteroatoms. The molecule has 0 bridgehead atoms. The van der Waals surface area contributed by atoms with Crippen LogP contribution in [-0.4, -0.2) is 15.0 Å². The van der Waals surface area contributed by atoms with E-state index in [4.69, 9.17) is 28.9 Å². The average molecular weight is 397 g/mol. The van der Waals surface area contributed by atoms with Crippen molar-refractivity contribution in [2.75, 3.05) is 5.73 Å². The molecule has 0 fully saturated rings. The van der Waals surface area contributed by atoms with Crippen LogP contribution in [0.2, 0.25) is 10.3 Å². The van der Waals surface area contributed by atoms with Crippen LogP contribution in [0.5, 0.6) is 0 Å². The van der Waals surface area contributed by atoms with E-state index in [1.54, 1.807) is 12.3 Å². The molecular weight excluding hydrogens is 382 g/mol. The lowest BCUT2D eigenvalue weighted by atomic mass is 9.98. The number of anilines is 1. The molecule has 0 aliphatic carbocycles. The minimum Gasteiger partial charge on any atom is -0.396 e. The van der Waals surface area contributed by atoms with E-state index in [0.29, 0.717) is 21.3 Å². The lowest BCUT2D eigenvalue weighted by Crippen LogP contribution is -2.10. The fourth-order valence-electron chi connectivity index (χ4n) is 2.24. The molecule has 0 aliphatic heterocycles. The number of halogens is 3. The maximum Gasteiger partial charge on any atom is 0.222 e. The summed E-state index contributed by atoms with van der Waals surface area (Å²) in [4.78, 5) is 13.5. The molecule has 130 valence electrons. The molecule has 0 atom stereocenters. The number of nitrogens with two attached hydrogens (primary N) is 1. The van der Waals surface area contributed by atoms with Crippen LogP contribution in [0, 0.1) is 5.82 Å². The number of benzene rings is 1. The Balaban J connectivity index is 2.31. The minimum atomic E-state index is -0.559. The molecule has 0 radical (unpaired) electrons. The zero-order valence-electron chi connectivity index (χ0n) is 13.8. The molecule has 0 saturated heterocycles. The molecular formula is C17H15Cl2FN4S. The standard InChI is InChI=1S/C17H15Cl2FN4S/c1-17(2,3)15-24-13(9-6-8(18)7-10(21)12(9)20)14(25-15)11-4-5-22-16(19)23-11/h4-7H,21H2,1-3H3. The van der Waals surface area contributed by atoms with Gasteiger partial charge < -0.3 is 5.73 Å². The van der Waals surface area contributed by atoms with Gasteiger partial charge in [-0.3, -0.25) is 0 Å². The average Bonchev–Trinajstić information content (AvgIpc) is 2.96. The summed E-state index contributed by atoms with van der Waals surface area (Å²) >= 11 is 13.4. The van der Waals surface area contributed by atoms with E-state index >= 15 is 0 Å². The highest BCUT2D eigenvalue weighted by molar-refractivity contribution is 7.15. The lowest BCUT2D eigenvalue weighted by molar-refractivity contribution is 0.585. The second kappa shape index (κ2) is 6.52. The Labute approximate surface area is 158 Å². The summed E-state index contributed by atoms with van der Waals surface area (Å²) in [6.45, 7) is 6.11. The molecule has 0 amide bonds. The van der Waals surface area contributed by atoms with E-state index in [-0.39, 0.29) is 21.9 Å². The Morgan fingerprint density at radius 2 is 1.88 bits per heavy atom. The van der Waals surface area contributed by atoms with Crippen LogP contribution < -0.4 is 5.73 Å². The molecule has 2 aromatic heterocycles. The van der Waals surface area contributed by atoms with Gasteiger partial charge in [0.05, 0.1) is 27.0 Å². The molecule has 2 heterocycles. The molecule has 0 aliphatic rings. The summed E-state index contributed by atoms with van der Waals surface area (Å²) in [5.41, 5.74) is 6.74. The number of hydrogen-bond donors (Lipinski definition) is 1. The maximum absolute atomic E-state index is 14.7. The van der Waals surface area contributed by atoms with Gasteiger partial charge in [-0.1, -0.05) is 32.4 Å². The first-order valence-electron chi connectivity index (χ1n) is 7.42. The summed E-state index contributed by atoms with van der Waals surface area (Å²) in [6, 6.07) is 4.60. The maximum atomic E-state index is 14.7. The first-order valence-corrected chi connectivity index (χ1v) is 8.99. The third kappa shape index (κ3) is 3.61. The fraction of sp³-hybridized carbons (Fsp3) is 0.235. The predicted molar refractivity (Wildman–Crippen MR) is 102 cm³/mol. The number of nitrogen functional groups attached to an aromatic ring is 1. The van der Waals surface area contributed by atoms with Crippen molar-refractivity contribution in [2.45, 2.75) is 26.2 Å². The third-order valence-electron chi connectivity index (χ3n) is 3.45. The van der Waals surface area contributed by atoms with Crippen molar-refractivity contribution in [1.29, 1.82) is 0 Å². The predicted octanol–water partition coefficient (Wildman–Crippen LogP) is 5.59. The van der Waals surface area contributed by atoms with Gasteiger partial charge in [0, 0.05) is 22.2 Å². The van der Waals surface area contributed by atoms with Crippen molar-refractivity contribution in [1.82, 2.24) is 15.0 Å². The van der Waals surface area contributed by atoms with Crippen molar-refractivity contribution in [3.8, 4) is 21.8 Å². The number of aromatic nitrogens is 3. The summed E-state index contributed by atoms with van der Waals surface area (Å²) in [6.07, 6.45) is 1.55. The highest BCUT2D eigenvalue weighted by Gasteiger charge is 2.26. The van der Waals surface area contributed by atoms with Crippen LogP contribution in [0.1, 0.15) is 25.8 Å². The van der Waals surface area contributed by atoms with E-state index in [2.05, 4.69) is 15.0 Å². The normalized spacial score (nSPS) is 11.8. The van der Waals surface area contributed by atoms with Crippen molar-refractivity contribution in [3.05, 3.63) is 45.5 Å². The van der Waals surface area contributed by atoms with Crippen LogP contribution >= 0.6 is 34.5 Å². The summed E-state index contributed by atoms with van der Waals surface area (Å²) in [5.74, 6) is -0.559. The number of nitrogens with zero attached hydrogens (tertiary/aromatic N) is 3. The molecule has 3 rings (SSSR count).